The van der Waals surface area contributed by atoms with Crippen molar-refractivity contribution >= 4 is 16.8 Å². The summed E-state index contributed by atoms with van der Waals surface area (Å²) >= 11 is 5.24. The van der Waals surface area contributed by atoms with Crippen molar-refractivity contribution in [3.05, 3.63) is 0 Å². The lowest BCUT2D eigenvalue weighted by Gasteiger charge is -2.17. The van der Waals surface area contributed by atoms with Crippen LogP contribution in [0.1, 0.15) is 12.8 Å². The molecule has 52 valence electrons. The van der Waals surface area contributed by atoms with Crippen molar-refractivity contribution in [3.63, 3.8) is 0 Å². The van der Waals surface area contributed by atoms with Crippen LogP contribution in [-0.4, -0.2) is 18.5 Å². The summed E-state index contributed by atoms with van der Waals surface area (Å²) < 4.78 is 5.04. The van der Waals surface area contributed by atoms with E-state index in [2.05, 4.69) is 0 Å². The van der Waals surface area contributed by atoms with E-state index in [1.807, 2.05) is 0 Å². The first-order valence-electron chi connectivity index (χ1n) is 3.08. The summed E-state index contributed by atoms with van der Waals surface area (Å²) in [5, 5.41) is -0.255. The Labute approximate surface area is 59.1 Å². The van der Waals surface area contributed by atoms with Crippen molar-refractivity contribution < 1.29 is 9.53 Å². The Bertz CT molecular complexity index is 108. The van der Waals surface area contributed by atoms with Gasteiger partial charge in [0, 0.05) is 6.61 Å². The highest BCUT2D eigenvalue weighted by Crippen LogP contribution is 2.15. The SMILES string of the molecule is O=C(Cl)C1CCCOC1. The third-order valence-electron chi connectivity index (χ3n) is 1.48. The third-order valence-corrected chi connectivity index (χ3v) is 1.79. The van der Waals surface area contributed by atoms with E-state index in [4.69, 9.17) is 16.3 Å². The molecule has 1 aliphatic heterocycles. The summed E-state index contributed by atoms with van der Waals surface area (Å²) in [5.74, 6) is -0.0413. The van der Waals surface area contributed by atoms with Gasteiger partial charge in [-0.1, -0.05) is 0 Å². The lowest BCUT2D eigenvalue weighted by Crippen LogP contribution is -2.21. The summed E-state index contributed by atoms with van der Waals surface area (Å²) in [7, 11) is 0. The molecule has 0 aromatic heterocycles. The van der Waals surface area contributed by atoms with Crippen LogP contribution in [-0.2, 0) is 9.53 Å². The van der Waals surface area contributed by atoms with Crippen molar-refractivity contribution in [2.45, 2.75) is 12.8 Å². The van der Waals surface area contributed by atoms with E-state index >= 15 is 0 Å². The normalized spacial score (nSPS) is 27.9. The molecule has 2 nitrogen and oxygen atoms in total. The van der Waals surface area contributed by atoms with Gasteiger partial charge >= 0.3 is 0 Å². The van der Waals surface area contributed by atoms with E-state index in [-0.39, 0.29) is 11.2 Å². The second kappa shape index (κ2) is 3.18. The van der Waals surface area contributed by atoms with E-state index in [0.29, 0.717) is 6.61 Å². The largest absolute Gasteiger partial charge is 0.381 e. The lowest BCUT2D eigenvalue weighted by molar-refractivity contribution is -0.118. The van der Waals surface area contributed by atoms with Crippen LogP contribution in [0.15, 0.2) is 0 Å². The minimum absolute atomic E-state index is 0.0413. The highest BCUT2D eigenvalue weighted by molar-refractivity contribution is 6.64. The minimum atomic E-state index is -0.255. The van der Waals surface area contributed by atoms with Crippen LogP contribution in [0.5, 0.6) is 0 Å². The first-order valence-corrected chi connectivity index (χ1v) is 3.45. The van der Waals surface area contributed by atoms with E-state index in [0.717, 1.165) is 19.4 Å². The zero-order valence-corrected chi connectivity index (χ0v) is 5.86. The summed E-state index contributed by atoms with van der Waals surface area (Å²) in [5.41, 5.74) is 0. The number of carbonyl (C=O) groups is 1. The average molecular weight is 149 g/mol. The topological polar surface area (TPSA) is 26.3 Å². The van der Waals surface area contributed by atoms with Gasteiger partial charge in [-0.05, 0) is 24.4 Å². The zero-order chi connectivity index (χ0) is 6.69. The van der Waals surface area contributed by atoms with Gasteiger partial charge in [0.05, 0.1) is 12.5 Å². The molecule has 1 heterocycles. The maximum Gasteiger partial charge on any atom is 0.227 e. The molecule has 1 rings (SSSR count). The fourth-order valence-electron chi connectivity index (χ4n) is 0.920. The number of rotatable bonds is 1. The predicted octanol–water partition coefficient (Wildman–Crippen LogP) is 1.18. The van der Waals surface area contributed by atoms with Crippen LogP contribution in [0, 0.1) is 5.92 Å². The van der Waals surface area contributed by atoms with Gasteiger partial charge in [0.2, 0.25) is 5.24 Å². The molecule has 0 spiro atoms. The summed E-state index contributed by atoms with van der Waals surface area (Å²) in [6.07, 6.45) is 1.85. The van der Waals surface area contributed by atoms with Gasteiger partial charge in [-0.15, -0.1) is 0 Å². The molecule has 3 heteroatoms. The van der Waals surface area contributed by atoms with E-state index in [9.17, 15) is 4.79 Å². The molecule has 9 heavy (non-hydrogen) atoms. The molecule has 1 fully saturated rings. The molecule has 0 aromatic carbocycles. The third kappa shape index (κ3) is 1.95. The lowest BCUT2D eigenvalue weighted by atomic mass is 10.0. The number of hydrogen-bond acceptors (Lipinski definition) is 2. The van der Waals surface area contributed by atoms with Gasteiger partial charge in [-0.2, -0.15) is 0 Å². The smallest absolute Gasteiger partial charge is 0.227 e. The Hall–Kier alpha value is -0.0800. The van der Waals surface area contributed by atoms with E-state index < -0.39 is 0 Å². The quantitative estimate of drug-likeness (QED) is 0.522. The van der Waals surface area contributed by atoms with Crippen LogP contribution in [0.3, 0.4) is 0 Å². The van der Waals surface area contributed by atoms with Crippen molar-refractivity contribution in [3.8, 4) is 0 Å². The molecule has 0 bridgehead atoms. The second-order valence-electron chi connectivity index (χ2n) is 2.22. The first kappa shape index (κ1) is 7.03. The highest BCUT2D eigenvalue weighted by atomic mass is 35.5. The zero-order valence-electron chi connectivity index (χ0n) is 5.10. The van der Waals surface area contributed by atoms with E-state index in [1.54, 1.807) is 0 Å². The molecule has 0 saturated carbocycles. The minimum Gasteiger partial charge on any atom is -0.381 e. The van der Waals surface area contributed by atoms with Gasteiger partial charge in [0.25, 0.3) is 0 Å². The maximum atomic E-state index is 10.5. The average Bonchev–Trinajstić information content (AvgIpc) is 1.90. The first-order chi connectivity index (χ1) is 4.30. The molecule has 1 unspecified atom stereocenters. The standard InChI is InChI=1S/C6H9ClO2/c7-6(8)5-2-1-3-9-4-5/h5H,1-4H2. The number of ether oxygens (including phenoxy) is 1. The predicted molar refractivity (Wildman–Crippen MR) is 34.4 cm³/mol. The fourth-order valence-corrected chi connectivity index (χ4v) is 1.09. The van der Waals surface area contributed by atoms with Gasteiger partial charge < -0.3 is 4.74 Å². The van der Waals surface area contributed by atoms with Crippen LogP contribution in [0.4, 0.5) is 0 Å². The van der Waals surface area contributed by atoms with E-state index in [1.165, 1.54) is 0 Å². The number of halogens is 1. The Balaban J connectivity index is 2.31. The molecule has 0 amide bonds. The van der Waals surface area contributed by atoms with Crippen LogP contribution in [0.2, 0.25) is 0 Å². The van der Waals surface area contributed by atoms with Crippen LogP contribution >= 0.6 is 11.6 Å². The molecule has 1 aliphatic rings. The van der Waals surface area contributed by atoms with Crippen molar-refractivity contribution in [2.75, 3.05) is 13.2 Å². The fraction of sp³-hybridized carbons (Fsp3) is 0.833. The molecule has 0 aromatic rings. The summed E-state index contributed by atoms with van der Waals surface area (Å²) in [6, 6.07) is 0. The van der Waals surface area contributed by atoms with Gasteiger partial charge in [0.15, 0.2) is 0 Å². The molecule has 0 radical (unpaired) electrons. The maximum absolute atomic E-state index is 10.5. The second-order valence-corrected chi connectivity index (χ2v) is 2.59. The summed E-state index contributed by atoms with van der Waals surface area (Å²) in [4.78, 5) is 10.5. The molecular weight excluding hydrogens is 140 g/mol. The number of carbonyl (C=O) groups excluding carboxylic acids is 1. The molecule has 0 N–H and O–H groups in total. The Morgan fingerprint density at radius 2 is 2.44 bits per heavy atom. The molecule has 1 atom stereocenters. The molecular formula is C6H9ClO2. The Morgan fingerprint density at radius 1 is 1.67 bits per heavy atom. The highest BCUT2D eigenvalue weighted by Gasteiger charge is 2.19. The van der Waals surface area contributed by atoms with Crippen LogP contribution in [0.25, 0.3) is 0 Å². The van der Waals surface area contributed by atoms with Crippen molar-refractivity contribution in [1.82, 2.24) is 0 Å². The van der Waals surface area contributed by atoms with Crippen molar-refractivity contribution in [2.24, 2.45) is 5.92 Å². The monoisotopic (exact) mass is 148 g/mol. The van der Waals surface area contributed by atoms with Crippen LogP contribution < -0.4 is 0 Å². The van der Waals surface area contributed by atoms with Crippen molar-refractivity contribution in [1.29, 1.82) is 0 Å². The molecule has 0 aliphatic carbocycles. The van der Waals surface area contributed by atoms with Gasteiger partial charge in [0.1, 0.15) is 0 Å². The van der Waals surface area contributed by atoms with Gasteiger partial charge in [-0.3, -0.25) is 4.79 Å². The summed E-state index contributed by atoms with van der Waals surface area (Å²) in [6.45, 7) is 1.29. The van der Waals surface area contributed by atoms with Gasteiger partial charge in [-0.25, -0.2) is 0 Å². The molecule has 1 saturated heterocycles. The Morgan fingerprint density at radius 3 is 2.78 bits per heavy atom. The Kier molecular flexibility index (Phi) is 2.49. The number of hydrogen-bond donors (Lipinski definition) is 0.